The third kappa shape index (κ3) is 21.1. The van der Waals surface area contributed by atoms with Gasteiger partial charge in [0.2, 0.25) is 0 Å². The molecule has 7 saturated carbocycles. The van der Waals surface area contributed by atoms with E-state index in [-0.39, 0.29) is 142 Å². The fourth-order valence-corrected chi connectivity index (χ4v) is 21.4. The van der Waals surface area contributed by atoms with Gasteiger partial charge in [-0.15, -0.1) is 0 Å². The molecule has 24 atom stereocenters. The van der Waals surface area contributed by atoms with Crippen molar-refractivity contribution in [1.82, 2.24) is 63.0 Å². The predicted molar refractivity (Wildman–Crippen MR) is 359 cm³/mol. The third-order valence-corrected chi connectivity index (χ3v) is 27.2. The predicted octanol–water partition coefficient (Wildman–Crippen LogP) is -3.94. The van der Waals surface area contributed by atoms with Crippen LogP contribution in [0, 0.1) is 47.3 Å². The van der Waals surface area contributed by atoms with Gasteiger partial charge in [-0.25, -0.2) is 0 Å². The van der Waals surface area contributed by atoms with E-state index in [1.165, 1.54) is 0 Å². The topological polar surface area (TPSA) is 677 Å². The van der Waals surface area contributed by atoms with Crippen molar-refractivity contribution in [1.29, 1.82) is 0 Å². The molecule has 0 bridgehead atoms. The molecule has 42 nitrogen and oxygen atoms in total. The van der Waals surface area contributed by atoms with Gasteiger partial charge >= 0.3 is 23.9 Å². The van der Waals surface area contributed by atoms with Crippen molar-refractivity contribution in [2.75, 3.05) is 52.6 Å². The quantitative estimate of drug-likeness (QED) is 0.0241. The van der Waals surface area contributed by atoms with Crippen LogP contribution in [0.15, 0.2) is 20.5 Å². The number of hydrogen-bond donors (Lipinski definition) is 28. The Labute approximate surface area is 592 Å². The Morgan fingerprint density at radius 1 is 0.392 bits per heavy atom. The van der Waals surface area contributed by atoms with E-state index in [1.807, 2.05) is 0 Å². The molecule has 0 amide bonds. The first kappa shape index (κ1) is 82.7. The molecule has 28 N–H and O–H groups in total. The number of aliphatic hydroxyl groups is 6. The van der Waals surface area contributed by atoms with Gasteiger partial charge in [-0.3, -0.25) is 91.3 Å². The molecule has 0 radical (unpaired) electrons. The van der Waals surface area contributed by atoms with Crippen molar-refractivity contribution < 1.29 is 124 Å². The maximum absolute atomic E-state index is 13.0. The van der Waals surface area contributed by atoms with Gasteiger partial charge in [0.05, 0.1) is 117 Å². The smallest absolute Gasteiger partial charge is 0.306 e. The minimum atomic E-state index is -4.81. The zero-order valence-corrected chi connectivity index (χ0v) is 59.0. The lowest BCUT2D eigenvalue weighted by Gasteiger charge is -2.53. The summed E-state index contributed by atoms with van der Waals surface area (Å²) in [4.78, 5) is 51.6. The Morgan fingerprint density at radius 3 is 0.951 bits per heavy atom. The molecular weight excluding hydrogens is 1440 g/mol. The second-order valence-electron chi connectivity index (χ2n) is 28.8. The van der Waals surface area contributed by atoms with Gasteiger partial charge in [0.15, 0.2) is 0 Å². The number of rotatable bonds is 30. The van der Waals surface area contributed by atoms with Gasteiger partial charge in [-0.2, -0.15) is 37.3 Å². The highest BCUT2D eigenvalue weighted by atomic mass is 32.3. The van der Waals surface area contributed by atoms with E-state index in [0.29, 0.717) is 25.7 Å². The van der Waals surface area contributed by atoms with Crippen LogP contribution in [-0.4, -0.2) is 310 Å². The van der Waals surface area contributed by atoms with Crippen LogP contribution in [0.25, 0.3) is 0 Å². The van der Waals surface area contributed by atoms with Crippen LogP contribution in [-0.2, 0) is 39.4 Å². The number of aliphatic carboxylic acids is 4. The first-order valence-electron chi connectivity index (χ1n) is 34.5. The van der Waals surface area contributed by atoms with E-state index in [0.717, 1.165) is 0 Å². The molecule has 9 aliphatic rings. The number of hydrogen-bond acceptors (Lipinski definition) is 36. The zero-order chi connectivity index (χ0) is 74.5. The summed E-state index contributed by atoms with van der Waals surface area (Å²) in [5, 5.41) is 150. The van der Waals surface area contributed by atoms with Crippen molar-refractivity contribution in [2.45, 2.75) is 222 Å². The Kier molecular flexibility index (Phi) is 28.6. The van der Waals surface area contributed by atoms with Gasteiger partial charge in [0.1, 0.15) is 49.8 Å². The number of fused-ring (bicyclic) bond motifs is 2. The van der Waals surface area contributed by atoms with E-state index < -0.39 is 220 Å². The standard InChI is InChI=1S/C56H104N16O26S4/c73-9-5-71(6-10-74)55-63-51(61-53(65-55)59-37-23-35(99(87,88)89)19-25-21-39(101(93,94)95)43(45(77)41(25)37)69-67-33-15-27(47(79)80)13-28(16-33)48(81)82)57-31-1-2-32(4-3-31)58-52-62-54(66-56(64-52)72(7-11-75)8-12-76)60-38-24-36(100(90,91)92)20-26-22-40(102(96,97)98)44(46(78)42(26)38)70-68-34-17-29(49(83)84)14-30(18-34)50(85)86/h25-46,51-66,73-78,93-98H,1-24H2,(H,79,80)(H,81,82)(H,83,84)(H,85,86)(H,87,88,89)(H,90,91,92). The Hall–Kier alpha value is -3.36. The van der Waals surface area contributed by atoms with Crippen molar-refractivity contribution in [2.24, 2.45) is 67.8 Å². The van der Waals surface area contributed by atoms with Crippen LogP contribution in [0.4, 0.5) is 0 Å². The average molecular weight is 1550 g/mol. The summed E-state index contributed by atoms with van der Waals surface area (Å²) in [7, 11) is -18.8. The number of carboxylic acid groups (broad SMARTS) is 4. The molecule has 2 heterocycles. The molecule has 0 aromatic heterocycles. The average Bonchev–Trinajstić information content (AvgIpc) is 0.752. The number of carbonyl (C=O) groups is 4. The molecule has 0 aromatic rings. The number of carboxylic acids is 4. The monoisotopic (exact) mass is 1540 g/mol. The minimum Gasteiger partial charge on any atom is -0.481 e. The number of aliphatic hydroxyl groups excluding tert-OH is 6. The highest BCUT2D eigenvalue weighted by Crippen LogP contribution is 2.56. The van der Waals surface area contributed by atoms with Crippen LogP contribution in [0.3, 0.4) is 0 Å². The van der Waals surface area contributed by atoms with Gasteiger partial charge in [-0.1, -0.05) is 0 Å². The molecule has 2 aliphatic heterocycles. The summed E-state index contributed by atoms with van der Waals surface area (Å²) in [6.45, 7) is -1.22. The molecule has 0 spiro atoms. The lowest BCUT2D eigenvalue weighted by Crippen LogP contribution is -2.80. The van der Waals surface area contributed by atoms with E-state index >= 15 is 0 Å². The Balaban J connectivity index is 0.908. The molecule has 2 saturated heterocycles. The summed E-state index contributed by atoms with van der Waals surface area (Å²) in [5.74, 6) is -13.3. The summed E-state index contributed by atoms with van der Waals surface area (Å²) >= 11 is 0. The van der Waals surface area contributed by atoms with Crippen molar-refractivity contribution >= 4 is 65.9 Å². The van der Waals surface area contributed by atoms with E-state index in [4.69, 9.17) is 0 Å². The fraction of sp³-hybridized carbons (Fsp3) is 0.929. The Morgan fingerprint density at radius 2 is 0.686 bits per heavy atom. The first-order chi connectivity index (χ1) is 48.0. The molecule has 588 valence electrons. The number of azo groups is 2. The Bertz CT molecular complexity index is 2860. The van der Waals surface area contributed by atoms with Gasteiger partial charge in [0, 0.05) is 62.2 Å². The first-order valence-corrected chi connectivity index (χ1v) is 40.6. The maximum Gasteiger partial charge on any atom is 0.306 e. The van der Waals surface area contributed by atoms with Crippen LogP contribution < -0.4 is 53.2 Å². The minimum absolute atomic E-state index is 0.0399. The van der Waals surface area contributed by atoms with Gasteiger partial charge in [0.25, 0.3) is 20.2 Å². The summed E-state index contributed by atoms with van der Waals surface area (Å²) < 4.78 is 138. The third-order valence-electron chi connectivity index (χ3n) is 22.2. The van der Waals surface area contributed by atoms with Crippen molar-refractivity contribution in [3.8, 4) is 0 Å². The highest BCUT2D eigenvalue weighted by Gasteiger charge is 2.59. The highest BCUT2D eigenvalue weighted by molar-refractivity contribution is 8.20. The van der Waals surface area contributed by atoms with E-state index in [9.17, 15) is 124 Å². The van der Waals surface area contributed by atoms with Crippen LogP contribution >= 0.6 is 21.7 Å². The maximum atomic E-state index is 13.0. The fourth-order valence-electron chi connectivity index (χ4n) is 17.3. The largest absolute Gasteiger partial charge is 0.481 e. The second-order valence-corrected chi connectivity index (χ2v) is 35.6. The molecule has 7 aliphatic carbocycles. The van der Waals surface area contributed by atoms with E-state index in [2.05, 4.69) is 73.6 Å². The number of nitrogens with zero attached hydrogens (tertiary/aromatic N) is 6. The SMILES string of the molecule is O=C(O)C1CC(N=NC2C(O)C3C(CC2S(O)(O)O)CC(S(=O)(=O)O)CC3NC2NC(NC3CCC(NC4NC(NC5CC(S(=O)(=O)O)CC6CC(S(O)(O)O)C(N=NC7CC(C(=O)O)CC(C(=O)O)C7)C(O)C65)NC(N(CCO)CCO)N4)CC3)NC(N(CCO)CCO)N2)CC(C(=O)O)C1. The van der Waals surface area contributed by atoms with Gasteiger partial charge < -0.3 is 78.4 Å². The molecule has 46 heteroatoms. The molecular formula is C56H104N16O26S4. The molecule has 9 rings (SSSR count). The van der Waals surface area contributed by atoms with E-state index in [1.54, 1.807) is 9.80 Å². The van der Waals surface area contributed by atoms with Gasteiger partial charge in [-0.05, 0) is 115 Å². The van der Waals surface area contributed by atoms with Crippen molar-refractivity contribution in [3.05, 3.63) is 0 Å². The van der Waals surface area contributed by atoms with Crippen LogP contribution in [0.1, 0.15) is 103 Å². The lowest BCUT2D eigenvalue weighted by molar-refractivity contribution is -0.150. The molecule has 0 aromatic carbocycles. The van der Waals surface area contributed by atoms with Crippen LogP contribution in [0.5, 0.6) is 0 Å². The lowest BCUT2D eigenvalue weighted by atomic mass is 9.65. The normalized spacial score (nSPS) is 40.9. The zero-order valence-electron chi connectivity index (χ0n) is 55.8. The molecule has 9 fully saturated rings. The summed E-state index contributed by atoms with van der Waals surface area (Å²) in [6.07, 6.45) is -9.43. The van der Waals surface area contributed by atoms with Crippen LogP contribution in [0.2, 0.25) is 0 Å². The van der Waals surface area contributed by atoms with Crippen molar-refractivity contribution in [3.63, 3.8) is 0 Å². The second kappa shape index (κ2) is 35.3. The summed E-state index contributed by atoms with van der Waals surface area (Å²) in [5.41, 5.74) is 0. The summed E-state index contributed by atoms with van der Waals surface area (Å²) in [6, 6.07) is -7.74. The molecule has 102 heavy (non-hydrogen) atoms. The molecule has 24 unspecified atom stereocenters. The number of nitrogens with one attached hydrogen (secondary N) is 10.